The molecule has 2 saturated heterocycles. The van der Waals surface area contributed by atoms with Crippen molar-refractivity contribution in [1.82, 2.24) is 21.7 Å². The van der Waals surface area contributed by atoms with Crippen LogP contribution in [0.15, 0.2) is 24.3 Å². The van der Waals surface area contributed by atoms with E-state index in [4.69, 9.17) is 0 Å². The number of Topliss-reactive ketones (excluding diaryl/α,β-unsaturated/α-hetero) is 2. The van der Waals surface area contributed by atoms with E-state index in [1.807, 2.05) is 0 Å². The molecule has 4 unspecified atom stereocenters. The van der Waals surface area contributed by atoms with Crippen LogP contribution in [-0.2, 0) is 9.59 Å². The first-order valence-corrected chi connectivity index (χ1v) is 7.70. The van der Waals surface area contributed by atoms with Crippen LogP contribution in [0.4, 0.5) is 0 Å². The summed E-state index contributed by atoms with van der Waals surface area (Å²) in [5.41, 5.74) is 10.6. The molecule has 2 heterocycles. The molecule has 0 saturated carbocycles. The van der Waals surface area contributed by atoms with Crippen molar-refractivity contribution in [3.05, 3.63) is 35.4 Å². The molecule has 1 aromatic rings. The smallest absolute Gasteiger partial charge is 0.246 e. The average molecular weight is 330 g/mol. The van der Waals surface area contributed by atoms with E-state index in [9.17, 15) is 19.2 Å². The van der Waals surface area contributed by atoms with E-state index in [0.717, 1.165) is 0 Å². The van der Waals surface area contributed by atoms with Gasteiger partial charge in [-0.1, -0.05) is 24.3 Å². The first-order valence-electron chi connectivity index (χ1n) is 7.70. The Bertz CT molecular complexity index is 672. The number of hydrogen-bond acceptors (Lipinski definition) is 6. The maximum Gasteiger partial charge on any atom is 0.246 e. The van der Waals surface area contributed by atoms with Gasteiger partial charge >= 0.3 is 0 Å². The van der Waals surface area contributed by atoms with Crippen molar-refractivity contribution >= 4 is 23.4 Å². The van der Waals surface area contributed by atoms with Gasteiger partial charge in [-0.2, -0.15) is 0 Å². The van der Waals surface area contributed by atoms with E-state index < -0.39 is 35.2 Å². The molecule has 2 aliphatic heterocycles. The molecule has 0 bridgehead atoms. The highest BCUT2D eigenvalue weighted by molar-refractivity contribution is 6.19. The number of amides is 2. The first-order chi connectivity index (χ1) is 11.4. The van der Waals surface area contributed by atoms with Crippen molar-refractivity contribution in [2.75, 3.05) is 0 Å². The third-order valence-electron chi connectivity index (χ3n) is 4.43. The van der Waals surface area contributed by atoms with Crippen LogP contribution in [0.25, 0.3) is 0 Å². The number of benzene rings is 1. The largest absolute Gasteiger partial charge is 0.293 e. The molecule has 126 valence electrons. The van der Waals surface area contributed by atoms with Crippen molar-refractivity contribution in [2.24, 2.45) is 11.8 Å². The van der Waals surface area contributed by atoms with Crippen LogP contribution in [0.2, 0.25) is 0 Å². The fourth-order valence-corrected chi connectivity index (χ4v) is 3.09. The summed E-state index contributed by atoms with van der Waals surface area (Å²) in [5.74, 6) is -3.55. The van der Waals surface area contributed by atoms with Crippen LogP contribution < -0.4 is 21.7 Å². The Labute approximate surface area is 138 Å². The molecule has 3 rings (SSSR count). The van der Waals surface area contributed by atoms with E-state index in [0.29, 0.717) is 0 Å². The molecule has 0 aromatic heterocycles. The average Bonchev–Trinajstić information content (AvgIpc) is 3.08. The molecular formula is C16H18N4O4. The third kappa shape index (κ3) is 2.59. The second-order valence-electron chi connectivity index (χ2n) is 6.07. The van der Waals surface area contributed by atoms with Gasteiger partial charge in [0.15, 0.2) is 11.6 Å². The lowest BCUT2D eigenvalue weighted by Crippen LogP contribution is -2.34. The van der Waals surface area contributed by atoms with Crippen molar-refractivity contribution in [3.63, 3.8) is 0 Å². The number of carbonyl (C=O) groups is 4. The summed E-state index contributed by atoms with van der Waals surface area (Å²) in [4.78, 5) is 49.4. The quantitative estimate of drug-likeness (QED) is 0.430. The van der Waals surface area contributed by atoms with Crippen LogP contribution in [0.1, 0.15) is 34.6 Å². The SMILES string of the molecule is CC1NNC(=O)C1C(=O)c1ccccc1C(=O)C1C(=O)NNC1C. The molecule has 4 N–H and O–H groups in total. The molecule has 1 aromatic carbocycles. The van der Waals surface area contributed by atoms with Crippen LogP contribution in [0.5, 0.6) is 0 Å². The summed E-state index contributed by atoms with van der Waals surface area (Å²) in [6.07, 6.45) is 0. The molecule has 8 nitrogen and oxygen atoms in total. The van der Waals surface area contributed by atoms with Crippen LogP contribution in [0.3, 0.4) is 0 Å². The van der Waals surface area contributed by atoms with Crippen LogP contribution in [-0.4, -0.2) is 35.5 Å². The normalized spacial score (nSPS) is 29.2. The Balaban J connectivity index is 1.96. The van der Waals surface area contributed by atoms with Crippen molar-refractivity contribution in [2.45, 2.75) is 25.9 Å². The minimum Gasteiger partial charge on any atom is -0.293 e. The van der Waals surface area contributed by atoms with Gasteiger partial charge in [-0.15, -0.1) is 0 Å². The lowest BCUT2D eigenvalue weighted by molar-refractivity contribution is -0.122. The molecule has 0 radical (unpaired) electrons. The highest BCUT2D eigenvalue weighted by atomic mass is 16.2. The van der Waals surface area contributed by atoms with Gasteiger partial charge in [0, 0.05) is 23.2 Å². The molecule has 2 fully saturated rings. The second-order valence-corrected chi connectivity index (χ2v) is 6.07. The number of hydrazine groups is 2. The van der Waals surface area contributed by atoms with Gasteiger partial charge < -0.3 is 0 Å². The van der Waals surface area contributed by atoms with Crippen LogP contribution >= 0.6 is 0 Å². The Morgan fingerprint density at radius 1 is 0.792 bits per heavy atom. The highest BCUT2D eigenvalue weighted by Crippen LogP contribution is 2.23. The van der Waals surface area contributed by atoms with Gasteiger partial charge in [-0.05, 0) is 13.8 Å². The minimum absolute atomic E-state index is 0.157. The maximum absolute atomic E-state index is 12.8. The van der Waals surface area contributed by atoms with E-state index in [1.54, 1.807) is 26.0 Å². The zero-order valence-corrected chi connectivity index (χ0v) is 13.3. The standard InChI is InChI=1S/C16H18N4O4/c1-7-11(15(23)19-17-7)13(21)9-5-3-4-6-10(9)14(22)12-8(2)18-20-16(12)24/h3-8,11-12,17-18H,1-2H3,(H,19,23)(H,20,24). The van der Waals surface area contributed by atoms with Crippen LogP contribution in [0, 0.1) is 11.8 Å². The summed E-state index contributed by atoms with van der Waals surface area (Å²) in [6, 6.07) is 5.51. The summed E-state index contributed by atoms with van der Waals surface area (Å²) in [6.45, 7) is 3.42. The van der Waals surface area contributed by atoms with E-state index in [2.05, 4.69) is 21.7 Å². The number of ketones is 2. The van der Waals surface area contributed by atoms with Crippen molar-refractivity contribution in [1.29, 1.82) is 0 Å². The van der Waals surface area contributed by atoms with Gasteiger partial charge in [-0.25, -0.2) is 10.9 Å². The molecule has 2 amide bonds. The predicted octanol–water partition coefficient (Wildman–Crippen LogP) is -0.670. The Morgan fingerprint density at radius 2 is 1.17 bits per heavy atom. The summed E-state index contributed by atoms with van der Waals surface area (Å²) < 4.78 is 0. The predicted molar refractivity (Wildman–Crippen MR) is 83.6 cm³/mol. The van der Waals surface area contributed by atoms with Gasteiger partial charge in [0.25, 0.3) is 0 Å². The van der Waals surface area contributed by atoms with E-state index >= 15 is 0 Å². The molecule has 2 aliphatic rings. The number of carbonyl (C=O) groups excluding carboxylic acids is 4. The topological polar surface area (TPSA) is 116 Å². The Hall–Kier alpha value is -2.58. The summed E-state index contributed by atoms with van der Waals surface area (Å²) in [5, 5.41) is 0. The molecule has 0 spiro atoms. The fourth-order valence-electron chi connectivity index (χ4n) is 3.09. The third-order valence-corrected chi connectivity index (χ3v) is 4.43. The second kappa shape index (κ2) is 6.14. The van der Waals surface area contributed by atoms with Gasteiger partial charge in [-0.3, -0.25) is 30.0 Å². The van der Waals surface area contributed by atoms with Crippen molar-refractivity contribution < 1.29 is 19.2 Å². The summed E-state index contributed by atoms with van der Waals surface area (Å²) in [7, 11) is 0. The Morgan fingerprint density at radius 3 is 1.46 bits per heavy atom. The zero-order chi connectivity index (χ0) is 17.4. The number of rotatable bonds is 4. The van der Waals surface area contributed by atoms with Gasteiger partial charge in [0.2, 0.25) is 11.8 Å². The Kier molecular flexibility index (Phi) is 4.16. The molecule has 0 aliphatic carbocycles. The van der Waals surface area contributed by atoms with E-state index in [-0.39, 0.29) is 23.2 Å². The lowest BCUT2D eigenvalue weighted by atomic mass is 9.85. The lowest BCUT2D eigenvalue weighted by Gasteiger charge is -2.16. The number of nitrogens with one attached hydrogen (secondary N) is 4. The monoisotopic (exact) mass is 330 g/mol. The van der Waals surface area contributed by atoms with Crippen molar-refractivity contribution in [3.8, 4) is 0 Å². The van der Waals surface area contributed by atoms with Gasteiger partial charge in [0.05, 0.1) is 0 Å². The minimum atomic E-state index is -0.910. The summed E-state index contributed by atoms with van der Waals surface area (Å²) >= 11 is 0. The maximum atomic E-state index is 12.8. The highest BCUT2D eigenvalue weighted by Gasteiger charge is 2.42. The number of hydrogen-bond donors (Lipinski definition) is 4. The molecular weight excluding hydrogens is 312 g/mol. The molecule has 8 heteroatoms. The fraction of sp³-hybridized carbons (Fsp3) is 0.375. The first kappa shape index (κ1) is 16.3. The zero-order valence-electron chi connectivity index (χ0n) is 13.3. The van der Waals surface area contributed by atoms with Gasteiger partial charge in [0.1, 0.15) is 11.8 Å². The molecule has 24 heavy (non-hydrogen) atoms. The van der Waals surface area contributed by atoms with E-state index in [1.165, 1.54) is 12.1 Å². The molecule has 4 atom stereocenters.